The van der Waals surface area contributed by atoms with E-state index in [0.717, 1.165) is 31.6 Å². The zero-order valence-electron chi connectivity index (χ0n) is 11.2. The van der Waals surface area contributed by atoms with E-state index in [4.69, 9.17) is 9.84 Å². The lowest BCUT2D eigenvalue weighted by atomic mass is 9.89. The lowest BCUT2D eigenvalue weighted by molar-refractivity contribution is 0.00719. The van der Waals surface area contributed by atoms with Crippen LogP contribution in [0, 0.1) is 5.92 Å². The molecule has 0 saturated carbocycles. The van der Waals surface area contributed by atoms with E-state index in [1.165, 1.54) is 0 Å². The van der Waals surface area contributed by atoms with Crippen molar-refractivity contribution in [2.75, 3.05) is 13.2 Å². The summed E-state index contributed by atoms with van der Waals surface area (Å²) in [6.45, 7) is 5.02. The van der Waals surface area contributed by atoms with Crippen molar-refractivity contribution in [3.8, 4) is 0 Å². The van der Waals surface area contributed by atoms with Crippen LogP contribution in [0.15, 0.2) is 30.3 Å². The second kappa shape index (κ2) is 8.25. The van der Waals surface area contributed by atoms with Crippen LogP contribution >= 0.6 is 0 Å². The van der Waals surface area contributed by atoms with Gasteiger partial charge in [-0.05, 0) is 38.2 Å². The van der Waals surface area contributed by atoms with Gasteiger partial charge in [0.1, 0.15) is 0 Å². The Morgan fingerprint density at radius 2 is 1.56 bits per heavy atom. The minimum Gasteiger partial charge on any atom is -0.394 e. The first-order valence-electron chi connectivity index (χ1n) is 6.60. The zero-order chi connectivity index (χ0) is 13.4. The van der Waals surface area contributed by atoms with Gasteiger partial charge in [-0.15, -0.1) is 0 Å². The zero-order valence-corrected chi connectivity index (χ0v) is 11.2. The maximum absolute atomic E-state index is 10.1. The van der Waals surface area contributed by atoms with Gasteiger partial charge < -0.3 is 14.9 Å². The average Bonchev–Trinajstić information content (AvgIpc) is 2.39. The van der Waals surface area contributed by atoms with Crippen molar-refractivity contribution < 1.29 is 14.9 Å². The highest BCUT2D eigenvalue weighted by molar-refractivity contribution is 5.18. The lowest BCUT2D eigenvalue weighted by Gasteiger charge is -2.26. The normalized spacial score (nSPS) is 18.1. The summed E-state index contributed by atoms with van der Waals surface area (Å²) in [5, 5.41) is 18.1. The van der Waals surface area contributed by atoms with Crippen LogP contribution in [0.4, 0.5) is 0 Å². The molecule has 0 aromatic heterocycles. The van der Waals surface area contributed by atoms with E-state index in [0.29, 0.717) is 5.92 Å². The first kappa shape index (κ1) is 15.2. The number of aliphatic hydroxyl groups excluding tert-OH is 2. The van der Waals surface area contributed by atoms with Gasteiger partial charge in [-0.1, -0.05) is 30.3 Å². The van der Waals surface area contributed by atoms with Crippen LogP contribution in [0.25, 0.3) is 0 Å². The molecular weight excluding hydrogens is 228 g/mol. The highest BCUT2D eigenvalue weighted by atomic mass is 16.5. The fourth-order valence-electron chi connectivity index (χ4n) is 1.95. The summed E-state index contributed by atoms with van der Waals surface area (Å²) in [6, 6.07) is 9.89. The van der Waals surface area contributed by atoms with Crippen molar-refractivity contribution in [3.05, 3.63) is 35.9 Å². The van der Waals surface area contributed by atoms with Gasteiger partial charge in [-0.2, -0.15) is 0 Å². The van der Waals surface area contributed by atoms with Gasteiger partial charge in [-0.25, -0.2) is 0 Å². The summed E-state index contributed by atoms with van der Waals surface area (Å²) in [7, 11) is 0. The van der Waals surface area contributed by atoms with E-state index >= 15 is 0 Å². The molecular formula is C15H24O3. The van der Waals surface area contributed by atoms with Gasteiger partial charge in [-0.3, -0.25) is 0 Å². The van der Waals surface area contributed by atoms with E-state index < -0.39 is 0 Å². The number of hydrogen-bond donors (Lipinski definition) is 2. The van der Waals surface area contributed by atoms with Crippen LogP contribution in [0.3, 0.4) is 0 Å². The second-order valence-electron chi connectivity index (χ2n) is 4.90. The van der Waals surface area contributed by atoms with Crippen LogP contribution < -0.4 is 0 Å². The quantitative estimate of drug-likeness (QED) is 0.850. The van der Waals surface area contributed by atoms with Crippen LogP contribution in [0.5, 0.6) is 0 Å². The second-order valence-corrected chi connectivity index (χ2v) is 4.90. The first-order valence-corrected chi connectivity index (χ1v) is 6.60. The molecule has 3 heteroatoms. The molecule has 0 radical (unpaired) electrons. The van der Waals surface area contributed by atoms with Crippen LogP contribution in [0.1, 0.15) is 38.4 Å². The van der Waals surface area contributed by atoms with Crippen molar-refractivity contribution in [2.24, 2.45) is 5.92 Å². The van der Waals surface area contributed by atoms with Gasteiger partial charge in [0.05, 0.1) is 6.10 Å². The molecule has 2 rings (SSSR count). The molecule has 0 spiro atoms. The van der Waals surface area contributed by atoms with Crippen molar-refractivity contribution in [3.63, 3.8) is 0 Å². The number of ether oxygens (including phenoxy) is 1. The Morgan fingerprint density at radius 3 is 2.06 bits per heavy atom. The first-order chi connectivity index (χ1) is 8.61. The summed E-state index contributed by atoms with van der Waals surface area (Å²) >= 11 is 0. The SMILES string of the molecule is CC(C)O.O[C@@H](c1ccccc1)C1CCOCC1. The van der Waals surface area contributed by atoms with Gasteiger partial charge >= 0.3 is 0 Å². The van der Waals surface area contributed by atoms with Crippen molar-refractivity contribution in [1.29, 1.82) is 0 Å². The highest BCUT2D eigenvalue weighted by Crippen LogP contribution is 2.29. The summed E-state index contributed by atoms with van der Waals surface area (Å²) in [4.78, 5) is 0. The number of hydrogen-bond acceptors (Lipinski definition) is 3. The lowest BCUT2D eigenvalue weighted by Crippen LogP contribution is -2.21. The van der Waals surface area contributed by atoms with Crippen LogP contribution in [0.2, 0.25) is 0 Å². The molecule has 1 aromatic rings. The maximum Gasteiger partial charge on any atom is 0.0819 e. The fourth-order valence-corrected chi connectivity index (χ4v) is 1.95. The Hall–Kier alpha value is -0.900. The molecule has 0 amide bonds. The third-order valence-corrected chi connectivity index (χ3v) is 2.85. The molecule has 1 aromatic carbocycles. The maximum atomic E-state index is 10.1. The third kappa shape index (κ3) is 5.63. The smallest absolute Gasteiger partial charge is 0.0819 e. The van der Waals surface area contributed by atoms with Gasteiger partial charge in [0.2, 0.25) is 0 Å². The molecule has 2 N–H and O–H groups in total. The topological polar surface area (TPSA) is 49.7 Å². The molecule has 1 heterocycles. The number of rotatable bonds is 2. The Kier molecular flexibility index (Phi) is 6.94. The molecule has 0 unspecified atom stereocenters. The van der Waals surface area contributed by atoms with Crippen molar-refractivity contribution in [2.45, 2.75) is 38.9 Å². The van der Waals surface area contributed by atoms with Crippen molar-refractivity contribution in [1.82, 2.24) is 0 Å². The van der Waals surface area contributed by atoms with Crippen LogP contribution in [-0.4, -0.2) is 29.5 Å². The Labute approximate surface area is 109 Å². The molecule has 3 nitrogen and oxygen atoms in total. The molecule has 102 valence electrons. The Morgan fingerprint density at radius 1 is 1.06 bits per heavy atom. The third-order valence-electron chi connectivity index (χ3n) is 2.85. The molecule has 1 fully saturated rings. The van der Waals surface area contributed by atoms with E-state index in [2.05, 4.69) is 0 Å². The van der Waals surface area contributed by atoms with E-state index in [9.17, 15) is 5.11 Å². The molecule has 1 saturated heterocycles. The van der Waals surface area contributed by atoms with E-state index in [1.54, 1.807) is 13.8 Å². The minimum absolute atomic E-state index is 0.167. The number of aliphatic hydroxyl groups is 2. The summed E-state index contributed by atoms with van der Waals surface area (Å²) in [5.41, 5.74) is 1.03. The highest BCUT2D eigenvalue weighted by Gasteiger charge is 2.22. The van der Waals surface area contributed by atoms with Gasteiger partial charge in [0.25, 0.3) is 0 Å². The average molecular weight is 252 g/mol. The Balaban J connectivity index is 0.000000357. The molecule has 18 heavy (non-hydrogen) atoms. The monoisotopic (exact) mass is 252 g/mol. The molecule has 1 aliphatic rings. The number of benzene rings is 1. The standard InChI is InChI=1S/C12H16O2.C3H8O/c13-12(10-4-2-1-3-5-10)11-6-8-14-9-7-11;1-3(2)4/h1-5,11-13H,6-9H2;3-4H,1-2H3/t12-;/m0./s1. The fraction of sp³-hybridized carbons (Fsp3) is 0.600. The summed E-state index contributed by atoms with van der Waals surface area (Å²) in [5.74, 6) is 0.367. The molecule has 0 aliphatic carbocycles. The van der Waals surface area contributed by atoms with E-state index in [-0.39, 0.29) is 12.2 Å². The molecule has 0 bridgehead atoms. The van der Waals surface area contributed by atoms with Crippen LogP contribution in [-0.2, 0) is 4.74 Å². The predicted octanol–water partition coefficient (Wildman–Crippen LogP) is 2.53. The van der Waals surface area contributed by atoms with E-state index in [1.807, 2.05) is 30.3 Å². The summed E-state index contributed by atoms with van der Waals surface area (Å²) < 4.78 is 5.27. The Bertz CT molecular complexity index is 302. The predicted molar refractivity (Wildman–Crippen MR) is 72.3 cm³/mol. The molecule has 1 atom stereocenters. The largest absolute Gasteiger partial charge is 0.394 e. The summed E-state index contributed by atoms with van der Waals surface area (Å²) in [6.07, 6.45) is 1.45. The van der Waals surface area contributed by atoms with Gasteiger partial charge in [0, 0.05) is 19.3 Å². The van der Waals surface area contributed by atoms with Gasteiger partial charge in [0.15, 0.2) is 0 Å². The molecule has 1 aliphatic heterocycles. The van der Waals surface area contributed by atoms with Crippen molar-refractivity contribution >= 4 is 0 Å². The minimum atomic E-state index is -0.319.